The number of rotatable bonds is 8. The Morgan fingerprint density at radius 1 is 1.31 bits per heavy atom. The number of nitrogens with one attached hydrogen (secondary N) is 2. The predicted molar refractivity (Wildman–Crippen MR) is 91.1 cm³/mol. The van der Waals surface area contributed by atoms with Crippen molar-refractivity contribution in [1.29, 1.82) is 0 Å². The molecule has 0 aliphatic carbocycles. The number of likely N-dealkylation sites (tertiary alicyclic amines) is 1. The molecule has 8 N–H and O–H groups in total. The van der Waals surface area contributed by atoms with Crippen molar-refractivity contribution in [2.75, 3.05) is 13.1 Å². The Morgan fingerprint density at radius 2 is 1.93 bits per heavy atom. The Hall–Kier alpha value is -3.17. The smallest absolute Gasteiger partial charge is 0.368 e. The highest BCUT2D eigenvalue weighted by Gasteiger charge is 2.44. The number of alkyl halides is 3. The lowest BCUT2D eigenvalue weighted by molar-refractivity contribution is -0.525. The Bertz CT molecular complexity index is 686. The molecule has 1 fully saturated rings. The van der Waals surface area contributed by atoms with E-state index < -0.39 is 53.0 Å². The molecule has 164 valence electrons. The summed E-state index contributed by atoms with van der Waals surface area (Å²) in [6.07, 6.45) is -5.13. The van der Waals surface area contributed by atoms with Gasteiger partial charge >= 0.3 is 12.1 Å². The van der Waals surface area contributed by atoms with E-state index in [1.165, 1.54) is 0 Å². The van der Waals surface area contributed by atoms with Crippen LogP contribution in [0, 0.1) is 10.1 Å². The van der Waals surface area contributed by atoms with Gasteiger partial charge in [-0.25, -0.2) is 15.1 Å². The molecule has 0 spiro atoms. The second-order valence-electron chi connectivity index (χ2n) is 6.20. The lowest BCUT2D eigenvalue weighted by atomic mass is 10.1. The highest BCUT2D eigenvalue weighted by atomic mass is 19.4. The number of hydrogen-bond donors (Lipinski definition) is 5. The van der Waals surface area contributed by atoms with Gasteiger partial charge in [-0.1, -0.05) is 5.43 Å². The van der Waals surface area contributed by atoms with E-state index >= 15 is 0 Å². The molecule has 0 aromatic carbocycles. The van der Waals surface area contributed by atoms with Gasteiger partial charge in [0.2, 0.25) is 11.8 Å². The lowest BCUT2D eigenvalue weighted by Gasteiger charge is -2.25. The van der Waals surface area contributed by atoms with Gasteiger partial charge in [-0.3, -0.25) is 14.4 Å². The van der Waals surface area contributed by atoms with Crippen molar-refractivity contribution in [1.82, 2.24) is 15.6 Å². The summed E-state index contributed by atoms with van der Waals surface area (Å²) in [4.78, 5) is 49.8. The van der Waals surface area contributed by atoms with Crippen LogP contribution in [0.5, 0.6) is 0 Å². The zero-order valence-electron chi connectivity index (χ0n) is 15.0. The molecule has 0 radical (unpaired) electrons. The first-order valence-corrected chi connectivity index (χ1v) is 8.27. The van der Waals surface area contributed by atoms with Crippen LogP contribution in [-0.4, -0.2) is 71.0 Å². The van der Waals surface area contributed by atoms with Crippen LogP contribution in [0.25, 0.3) is 0 Å². The molecule has 0 bridgehead atoms. The van der Waals surface area contributed by atoms with Gasteiger partial charge in [0.25, 0.3) is 5.96 Å². The summed E-state index contributed by atoms with van der Waals surface area (Å²) in [5.74, 6) is -4.31. The van der Waals surface area contributed by atoms with Gasteiger partial charge in [-0.15, -0.1) is 0 Å². The van der Waals surface area contributed by atoms with Gasteiger partial charge in [0.15, 0.2) is 5.03 Å². The van der Waals surface area contributed by atoms with Crippen molar-refractivity contribution in [2.24, 2.45) is 22.2 Å². The van der Waals surface area contributed by atoms with E-state index in [-0.39, 0.29) is 32.4 Å². The Labute approximate surface area is 161 Å². The molecule has 13 nitrogen and oxygen atoms in total. The van der Waals surface area contributed by atoms with Crippen molar-refractivity contribution in [3.8, 4) is 0 Å². The van der Waals surface area contributed by atoms with E-state index in [0.717, 1.165) is 4.90 Å². The Kier molecular flexibility index (Phi) is 8.11. The number of aliphatic imine (C=N–C) groups is 1. The minimum Gasteiger partial charge on any atom is -0.368 e. The SMILES string of the molecule is NC(=O)[C@@H]1C[C@@H](NC(=O)C(F)(F)F)CN1C(=O)[C@H](N)CCCN=C(N)N[N+](=O)[O-]. The first kappa shape index (κ1) is 23.9. The molecular weight excluding hydrogens is 405 g/mol. The number of carbonyl (C=O) groups is 3. The molecule has 1 heterocycles. The third-order valence-electron chi connectivity index (χ3n) is 3.98. The Morgan fingerprint density at radius 3 is 2.45 bits per heavy atom. The fourth-order valence-electron chi connectivity index (χ4n) is 2.70. The first-order valence-electron chi connectivity index (χ1n) is 8.27. The monoisotopic (exact) mass is 426 g/mol. The normalized spacial score (nSPS) is 20.8. The lowest BCUT2D eigenvalue weighted by Crippen LogP contribution is -2.50. The topological polar surface area (TPSA) is 212 Å². The van der Waals surface area contributed by atoms with Crippen molar-refractivity contribution < 1.29 is 32.6 Å². The molecule has 0 unspecified atom stereocenters. The number of nitrogens with two attached hydrogens (primary N) is 3. The number of halogens is 3. The number of amides is 3. The Balaban J connectivity index is 2.64. The van der Waals surface area contributed by atoms with Gasteiger partial charge in [-0.2, -0.15) is 13.2 Å². The number of carbonyl (C=O) groups excluding carboxylic acids is 3. The molecule has 1 saturated heterocycles. The summed E-state index contributed by atoms with van der Waals surface area (Å²) in [7, 11) is 0. The molecule has 3 atom stereocenters. The first-order chi connectivity index (χ1) is 13.3. The maximum absolute atomic E-state index is 12.5. The van der Waals surface area contributed by atoms with E-state index in [0.29, 0.717) is 0 Å². The predicted octanol–water partition coefficient (Wildman–Crippen LogP) is -2.68. The van der Waals surface area contributed by atoms with E-state index in [1.807, 2.05) is 0 Å². The molecule has 1 aliphatic rings. The number of hydrogen-bond acceptors (Lipinski definition) is 7. The number of primary amides is 1. The maximum atomic E-state index is 12.5. The summed E-state index contributed by atoms with van der Waals surface area (Å²) >= 11 is 0. The third-order valence-corrected chi connectivity index (χ3v) is 3.98. The summed E-state index contributed by atoms with van der Waals surface area (Å²) in [5, 5.41) is 11.0. The van der Waals surface area contributed by atoms with Crippen LogP contribution in [0.2, 0.25) is 0 Å². The molecule has 3 amide bonds. The van der Waals surface area contributed by atoms with Crippen LogP contribution in [0.1, 0.15) is 19.3 Å². The van der Waals surface area contributed by atoms with E-state index in [1.54, 1.807) is 10.7 Å². The van der Waals surface area contributed by atoms with Crippen LogP contribution in [0.15, 0.2) is 4.99 Å². The molecule has 1 aliphatic heterocycles. The molecule has 0 saturated carbocycles. The van der Waals surface area contributed by atoms with Gasteiger partial charge in [-0.05, 0) is 19.3 Å². The maximum Gasteiger partial charge on any atom is 0.471 e. The van der Waals surface area contributed by atoms with E-state index in [9.17, 15) is 37.7 Å². The molecule has 29 heavy (non-hydrogen) atoms. The summed E-state index contributed by atoms with van der Waals surface area (Å²) < 4.78 is 37.1. The van der Waals surface area contributed by atoms with Crippen molar-refractivity contribution >= 4 is 23.7 Å². The average molecular weight is 426 g/mol. The van der Waals surface area contributed by atoms with Crippen LogP contribution >= 0.6 is 0 Å². The molecule has 16 heteroatoms. The van der Waals surface area contributed by atoms with Crippen LogP contribution in [-0.2, 0) is 14.4 Å². The van der Waals surface area contributed by atoms with Crippen LogP contribution in [0.3, 0.4) is 0 Å². The fourth-order valence-corrected chi connectivity index (χ4v) is 2.70. The summed E-state index contributed by atoms with van der Waals surface area (Å²) in [6, 6.07) is -3.46. The molecular formula is C13H21F3N8O5. The second kappa shape index (κ2) is 9.85. The van der Waals surface area contributed by atoms with E-state index in [2.05, 4.69) is 4.99 Å². The summed E-state index contributed by atoms with van der Waals surface area (Å²) in [5.41, 5.74) is 17.8. The number of nitrogens with zero attached hydrogens (tertiary/aromatic N) is 3. The van der Waals surface area contributed by atoms with Crippen molar-refractivity contribution in [2.45, 2.75) is 43.6 Å². The second-order valence-corrected chi connectivity index (χ2v) is 6.20. The highest BCUT2D eigenvalue weighted by Crippen LogP contribution is 2.22. The molecule has 1 rings (SSSR count). The zero-order valence-corrected chi connectivity index (χ0v) is 15.0. The van der Waals surface area contributed by atoms with Crippen LogP contribution < -0.4 is 27.9 Å². The minimum absolute atomic E-state index is 0.0111. The number of hydrazine groups is 1. The van der Waals surface area contributed by atoms with Crippen molar-refractivity contribution in [3.63, 3.8) is 0 Å². The molecule has 0 aromatic rings. The third kappa shape index (κ3) is 7.40. The van der Waals surface area contributed by atoms with E-state index in [4.69, 9.17) is 17.2 Å². The standard InChI is InChI=1S/C13H21F3N8O5/c14-13(15,16)11(27)21-6-4-8(9(18)25)23(5-6)10(26)7(17)2-1-3-20-12(19)22-24(28)29/h6-8H,1-5,17H2,(H2,18,25)(H,21,27)(H3,19,20,22)/t6-,7-,8+/m1/s1. The van der Waals surface area contributed by atoms with Gasteiger partial charge in [0.05, 0.1) is 6.04 Å². The van der Waals surface area contributed by atoms with Gasteiger partial charge < -0.3 is 27.4 Å². The zero-order chi connectivity index (χ0) is 22.4. The van der Waals surface area contributed by atoms with Crippen LogP contribution in [0.4, 0.5) is 13.2 Å². The van der Waals surface area contributed by atoms with Crippen molar-refractivity contribution in [3.05, 3.63) is 10.1 Å². The number of nitro groups is 1. The highest BCUT2D eigenvalue weighted by molar-refractivity contribution is 5.90. The van der Waals surface area contributed by atoms with Gasteiger partial charge in [0, 0.05) is 19.1 Å². The molecule has 0 aromatic heterocycles. The van der Waals surface area contributed by atoms with Gasteiger partial charge in [0.1, 0.15) is 6.04 Å². The average Bonchev–Trinajstić information content (AvgIpc) is 3.00. The number of guanidine groups is 1. The fraction of sp³-hybridized carbons (Fsp3) is 0.692. The summed E-state index contributed by atoms with van der Waals surface area (Å²) in [6.45, 7) is -0.350. The largest absolute Gasteiger partial charge is 0.471 e. The minimum atomic E-state index is -5.11. The quantitative estimate of drug-likeness (QED) is 0.0905.